The molecule has 7 nitrogen and oxygen atoms in total. The highest BCUT2D eigenvalue weighted by Crippen LogP contribution is 2.30. The molecule has 0 bridgehead atoms. The molecule has 0 radical (unpaired) electrons. The number of thiazole rings is 1. The highest BCUT2D eigenvalue weighted by Gasteiger charge is 2.19. The van der Waals surface area contributed by atoms with E-state index in [0.717, 1.165) is 15.9 Å². The molecule has 3 aromatic heterocycles. The van der Waals surface area contributed by atoms with E-state index in [1.54, 1.807) is 11.6 Å². The molecule has 29 heavy (non-hydrogen) atoms. The van der Waals surface area contributed by atoms with Crippen molar-refractivity contribution in [2.24, 2.45) is 0 Å². The average Bonchev–Trinajstić information content (AvgIpc) is 3.46. The van der Waals surface area contributed by atoms with Gasteiger partial charge in [-0.25, -0.2) is 4.98 Å². The molecule has 1 N–H and O–H groups in total. The van der Waals surface area contributed by atoms with Gasteiger partial charge in [-0.1, -0.05) is 30.0 Å². The molecule has 3 heterocycles. The van der Waals surface area contributed by atoms with Crippen LogP contribution >= 0.6 is 23.1 Å². The molecular weight excluding hydrogens is 406 g/mol. The summed E-state index contributed by atoms with van der Waals surface area (Å²) in [6.45, 7) is 3.85. The average molecular weight is 426 g/mol. The maximum Gasteiger partial charge on any atom is 0.270 e. The van der Waals surface area contributed by atoms with Crippen LogP contribution in [0.25, 0.3) is 17.3 Å². The molecule has 0 atom stereocenters. The SMILES string of the molecule is CC(C)NC(=O)c1csc(CSc2nnc(-c3ccco3)n2-c2ccccc2)n1. The summed E-state index contributed by atoms with van der Waals surface area (Å²) in [5.41, 5.74) is 1.39. The standard InChI is InChI=1S/C20H19N5O2S2/c1-13(2)21-19(26)15-11-28-17(22-15)12-29-20-24-23-18(16-9-6-10-27-16)25(20)14-7-4-3-5-8-14/h3-11,13H,12H2,1-2H3,(H,21,26). The number of amides is 1. The number of nitrogens with zero attached hydrogens (tertiary/aromatic N) is 4. The van der Waals surface area contributed by atoms with Gasteiger partial charge in [0, 0.05) is 17.1 Å². The van der Waals surface area contributed by atoms with E-state index in [0.29, 0.717) is 23.0 Å². The van der Waals surface area contributed by atoms with E-state index in [2.05, 4.69) is 20.5 Å². The number of benzene rings is 1. The van der Waals surface area contributed by atoms with Crippen molar-refractivity contribution in [3.8, 4) is 17.3 Å². The van der Waals surface area contributed by atoms with Crippen LogP contribution in [0.1, 0.15) is 29.3 Å². The zero-order valence-corrected chi connectivity index (χ0v) is 17.5. The van der Waals surface area contributed by atoms with Crippen LogP contribution in [-0.4, -0.2) is 31.7 Å². The Bertz CT molecular complexity index is 1090. The third kappa shape index (κ3) is 4.41. The summed E-state index contributed by atoms with van der Waals surface area (Å²) in [6, 6.07) is 13.7. The smallest absolute Gasteiger partial charge is 0.270 e. The lowest BCUT2D eigenvalue weighted by Crippen LogP contribution is -2.30. The first kappa shape index (κ1) is 19.4. The number of nitrogens with one attached hydrogen (secondary N) is 1. The molecule has 4 aromatic rings. The Labute approximate surface area is 176 Å². The highest BCUT2D eigenvalue weighted by molar-refractivity contribution is 7.98. The Morgan fingerprint density at radius 2 is 2.03 bits per heavy atom. The van der Waals surface area contributed by atoms with E-state index in [-0.39, 0.29) is 11.9 Å². The molecule has 0 saturated carbocycles. The fourth-order valence-electron chi connectivity index (χ4n) is 2.68. The maximum atomic E-state index is 12.1. The second-order valence-electron chi connectivity index (χ2n) is 6.50. The van der Waals surface area contributed by atoms with Crippen molar-refractivity contribution < 1.29 is 9.21 Å². The van der Waals surface area contributed by atoms with Gasteiger partial charge in [-0.05, 0) is 38.1 Å². The lowest BCUT2D eigenvalue weighted by atomic mass is 10.3. The fourth-order valence-corrected chi connectivity index (χ4v) is 4.43. The van der Waals surface area contributed by atoms with Gasteiger partial charge in [0.15, 0.2) is 10.9 Å². The number of aromatic nitrogens is 4. The van der Waals surface area contributed by atoms with E-state index in [9.17, 15) is 4.79 Å². The van der Waals surface area contributed by atoms with Crippen molar-refractivity contribution in [1.29, 1.82) is 0 Å². The predicted octanol–water partition coefficient (Wildman–Crippen LogP) is 4.41. The van der Waals surface area contributed by atoms with Gasteiger partial charge in [0.2, 0.25) is 5.82 Å². The van der Waals surface area contributed by atoms with Crippen LogP contribution in [0.4, 0.5) is 0 Å². The summed E-state index contributed by atoms with van der Waals surface area (Å²) in [7, 11) is 0. The number of carbonyl (C=O) groups is 1. The molecule has 0 fully saturated rings. The first-order valence-electron chi connectivity index (χ1n) is 9.04. The number of hydrogen-bond donors (Lipinski definition) is 1. The van der Waals surface area contributed by atoms with Gasteiger partial charge in [-0.2, -0.15) is 0 Å². The van der Waals surface area contributed by atoms with Gasteiger partial charge in [-0.15, -0.1) is 21.5 Å². The third-order valence-corrected chi connectivity index (χ3v) is 5.89. The minimum atomic E-state index is -0.153. The normalized spacial score (nSPS) is 11.1. The molecule has 0 spiro atoms. The van der Waals surface area contributed by atoms with E-state index in [1.165, 1.54) is 23.1 Å². The molecule has 1 amide bonds. The van der Waals surface area contributed by atoms with Gasteiger partial charge >= 0.3 is 0 Å². The number of carbonyl (C=O) groups excluding carboxylic acids is 1. The molecule has 0 unspecified atom stereocenters. The summed E-state index contributed by atoms with van der Waals surface area (Å²) >= 11 is 2.98. The summed E-state index contributed by atoms with van der Waals surface area (Å²) < 4.78 is 7.49. The van der Waals surface area contributed by atoms with Crippen molar-refractivity contribution in [3.05, 3.63) is 64.8 Å². The van der Waals surface area contributed by atoms with Crippen LogP contribution < -0.4 is 5.32 Å². The summed E-state index contributed by atoms with van der Waals surface area (Å²) in [5, 5.41) is 14.9. The molecule has 0 aliphatic heterocycles. The quantitative estimate of drug-likeness (QED) is 0.441. The van der Waals surface area contributed by atoms with E-state index in [1.807, 2.05) is 60.9 Å². The summed E-state index contributed by atoms with van der Waals surface area (Å²) in [5.74, 6) is 1.72. The number of rotatable bonds is 7. The number of hydrogen-bond acceptors (Lipinski definition) is 7. The fraction of sp³-hybridized carbons (Fsp3) is 0.200. The van der Waals surface area contributed by atoms with Crippen LogP contribution in [0.2, 0.25) is 0 Å². The number of thioether (sulfide) groups is 1. The Balaban J connectivity index is 1.57. The predicted molar refractivity (Wildman–Crippen MR) is 113 cm³/mol. The lowest BCUT2D eigenvalue weighted by molar-refractivity contribution is 0.0938. The Morgan fingerprint density at radius 3 is 2.76 bits per heavy atom. The van der Waals surface area contributed by atoms with Crippen LogP contribution in [0.15, 0.2) is 63.7 Å². The molecular formula is C20H19N5O2S2. The zero-order valence-electron chi connectivity index (χ0n) is 15.9. The van der Waals surface area contributed by atoms with Crippen molar-refractivity contribution in [3.63, 3.8) is 0 Å². The minimum Gasteiger partial charge on any atom is -0.461 e. The Morgan fingerprint density at radius 1 is 1.21 bits per heavy atom. The monoisotopic (exact) mass is 425 g/mol. The highest BCUT2D eigenvalue weighted by atomic mass is 32.2. The number of para-hydroxylation sites is 1. The topological polar surface area (TPSA) is 85.8 Å². The Hall–Kier alpha value is -2.91. The van der Waals surface area contributed by atoms with Gasteiger partial charge in [0.1, 0.15) is 10.7 Å². The van der Waals surface area contributed by atoms with Crippen LogP contribution in [0.3, 0.4) is 0 Å². The molecule has 4 rings (SSSR count). The van der Waals surface area contributed by atoms with E-state index < -0.39 is 0 Å². The first-order chi connectivity index (χ1) is 14.1. The van der Waals surface area contributed by atoms with E-state index >= 15 is 0 Å². The molecule has 148 valence electrons. The number of furan rings is 1. The van der Waals surface area contributed by atoms with Gasteiger partial charge < -0.3 is 9.73 Å². The van der Waals surface area contributed by atoms with Crippen molar-refractivity contribution >= 4 is 29.0 Å². The maximum absolute atomic E-state index is 12.1. The van der Waals surface area contributed by atoms with Crippen LogP contribution in [-0.2, 0) is 5.75 Å². The molecule has 0 aliphatic carbocycles. The van der Waals surface area contributed by atoms with Crippen molar-refractivity contribution in [2.45, 2.75) is 30.8 Å². The minimum absolute atomic E-state index is 0.0754. The Kier molecular flexibility index (Phi) is 5.77. The molecule has 0 aliphatic rings. The second-order valence-corrected chi connectivity index (χ2v) is 8.38. The third-order valence-electron chi connectivity index (χ3n) is 3.92. The van der Waals surface area contributed by atoms with Crippen LogP contribution in [0.5, 0.6) is 0 Å². The van der Waals surface area contributed by atoms with E-state index in [4.69, 9.17) is 4.42 Å². The summed E-state index contributed by atoms with van der Waals surface area (Å²) in [6.07, 6.45) is 1.62. The van der Waals surface area contributed by atoms with Crippen molar-refractivity contribution in [2.75, 3.05) is 0 Å². The van der Waals surface area contributed by atoms with Crippen molar-refractivity contribution in [1.82, 2.24) is 25.1 Å². The van der Waals surface area contributed by atoms with Gasteiger partial charge in [-0.3, -0.25) is 9.36 Å². The molecule has 9 heteroatoms. The largest absolute Gasteiger partial charge is 0.461 e. The van der Waals surface area contributed by atoms with Gasteiger partial charge in [0.05, 0.1) is 12.0 Å². The molecule has 1 aromatic carbocycles. The lowest BCUT2D eigenvalue weighted by Gasteiger charge is -2.08. The zero-order chi connectivity index (χ0) is 20.2. The van der Waals surface area contributed by atoms with Crippen LogP contribution in [0, 0.1) is 0 Å². The van der Waals surface area contributed by atoms with Gasteiger partial charge in [0.25, 0.3) is 5.91 Å². The first-order valence-corrected chi connectivity index (χ1v) is 10.9. The summed E-state index contributed by atoms with van der Waals surface area (Å²) in [4.78, 5) is 16.6. The second kappa shape index (κ2) is 8.62. The molecule has 0 saturated heterocycles.